The molecule has 0 spiro atoms. The fourth-order valence-electron chi connectivity index (χ4n) is 4.43. The number of amides is 2. The maximum atomic E-state index is 13.3. The Labute approximate surface area is 208 Å². The van der Waals surface area contributed by atoms with Gasteiger partial charge in [-0.15, -0.1) is 0 Å². The van der Waals surface area contributed by atoms with E-state index in [1.807, 2.05) is 55.7 Å². The third kappa shape index (κ3) is 4.63. The fraction of sp³-hybridized carbons (Fsp3) is 0.185. The molecule has 36 heavy (non-hydrogen) atoms. The van der Waals surface area contributed by atoms with Crippen molar-refractivity contribution in [1.29, 1.82) is 0 Å². The van der Waals surface area contributed by atoms with Crippen LogP contribution in [-0.2, 0) is 7.05 Å². The van der Waals surface area contributed by atoms with Crippen LogP contribution in [0.3, 0.4) is 0 Å². The molecule has 1 aliphatic rings. The van der Waals surface area contributed by atoms with Gasteiger partial charge >= 0.3 is 0 Å². The molecule has 5 N–H and O–H groups in total. The second kappa shape index (κ2) is 9.53. The fourth-order valence-corrected chi connectivity index (χ4v) is 4.43. The summed E-state index contributed by atoms with van der Waals surface area (Å²) < 4.78 is 1.68. The van der Waals surface area contributed by atoms with E-state index in [0.717, 1.165) is 22.3 Å². The Bertz CT molecular complexity index is 1430. The zero-order valence-electron chi connectivity index (χ0n) is 19.9. The number of carbonyl (C=O) groups is 2. The lowest BCUT2D eigenvalue weighted by molar-refractivity contribution is 0.0784. The molecule has 0 aliphatic carbocycles. The van der Waals surface area contributed by atoms with Crippen LogP contribution >= 0.6 is 0 Å². The summed E-state index contributed by atoms with van der Waals surface area (Å²) in [7, 11) is 1.82. The number of hydrogen-bond acceptors (Lipinski definition) is 6. The third-order valence-corrected chi connectivity index (χ3v) is 6.40. The van der Waals surface area contributed by atoms with Crippen molar-refractivity contribution in [1.82, 2.24) is 25.0 Å². The normalized spacial score (nSPS) is 15.1. The van der Waals surface area contributed by atoms with Gasteiger partial charge in [0, 0.05) is 55.4 Å². The van der Waals surface area contributed by atoms with E-state index in [9.17, 15) is 9.59 Å². The van der Waals surface area contributed by atoms with Gasteiger partial charge in [-0.25, -0.2) is 4.98 Å². The van der Waals surface area contributed by atoms with Gasteiger partial charge in [-0.2, -0.15) is 5.10 Å². The Morgan fingerprint density at radius 2 is 1.72 bits per heavy atom. The number of hydrogen-bond donors (Lipinski definition) is 3. The van der Waals surface area contributed by atoms with E-state index in [1.165, 1.54) is 0 Å². The number of carbonyl (C=O) groups excluding carboxylic acids is 2. The van der Waals surface area contributed by atoms with E-state index in [2.05, 4.69) is 15.4 Å². The van der Waals surface area contributed by atoms with Crippen molar-refractivity contribution in [3.8, 4) is 22.3 Å². The van der Waals surface area contributed by atoms with Gasteiger partial charge in [-0.3, -0.25) is 14.3 Å². The van der Waals surface area contributed by atoms with Gasteiger partial charge in [-0.1, -0.05) is 36.4 Å². The first-order valence-corrected chi connectivity index (χ1v) is 11.7. The summed E-state index contributed by atoms with van der Waals surface area (Å²) in [6.07, 6.45) is 5.79. The molecule has 9 nitrogen and oxygen atoms in total. The van der Waals surface area contributed by atoms with Crippen LogP contribution in [0, 0.1) is 0 Å². The van der Waals surface area contributed by atoms with E-state index in [4.69, 9.17) is 11.5 Å². The van der Waals surface area contributed by atoms with Crippen LogP contribution in [0.2, 0.25) is 0 Å². The van der Waals surface area contributed by atoms with Crippen LogP contribution in [0.15, 0.2) is 73.2 Å². The topological polar surface area (TPSA) is 132 Å². The van der Waals surface area contributed by atoms with Crippen molar-refractivity contribution in [2.45, 2.75) is 12.5 Å². The lowest BCUT2D eigenvalue weighted by atomic mass is 10.0. The number of likely N-dealkylation sites (tertiary alicyclic amines) is 1. The van der Waals surface area contributed by atoms with E-state index < -0.39 is 0 Å². The number of aryl methyl sites for hydroxylation is 1. The quantitative estimate of drug-likeness (QED) is 0.376. The minimum atomic E-state index is -0.323. The minimum Gasteiger partial charge on any atom is -0.398 e. The first-order chi connectivity index (χ1) is 17.4. The van der Waals surface area contributed by atoms with Gasteiger partial charge in [-0.05, 0) is 35.7 Å². The summed E-state index contributed by atoms with van der Waals surface area (Å²) in [6.45, 7) is 0.900. The minimum absolute atomic E-state index is 0.150. The number of nitrogens with two attached hydrogens (primary N) is 2. The van der Waals surface area contributed by atoms with Gasteiger partial charge in [0.2, 0.25) is 0 Å². The molecule has 1 atom stereocenters. The van der Waals surface area contributed by atoms with Crippen LogP contribution in [-0.4, -0.2) is 50.6 Å². The van der Waals surface area contributed by atoms with Crippen molar-refractivity contribution < 1.29 is 9.59 Å². The Balaban J connectivity index is 1.28. The molecule has 0 saturated carbocycles. The van der Waals surface area contributed by atoms with Crippen LogP contribution < -0.4 is 16.8 Å². The van der Waals surface area contributed by atoms with Crippen LogP contribution in [0.5, 0.6) is 0 Å². The predicted molar refractivity (Wildman–Crippen MR) is 139 cm³/mol. The maximum absolute atomic E-state index is 13.3. The average Bonchev–Trinajstić information content (AvgIpc) is 3.54. The summed E-state index contributed by atoms with van der Waals surface area (Å²) in [5, 5.41) is 7.17. The van der Waals surface area contributed by atoms with Crippen LogP contribution in [0.1, 0.15) is 27.1 Å². The molecule has 5 rings (SSSR count). The van der Waals surface area contributed by atoms with Crippen molar-refractivity contribution in [2.75, 3.05) is 24.6 Å². The van der Waals surface area contributed by atoms with Gasteiger partial charge in [0.1, 0.15) is 5.82 Å². The first-order valence-electron chi connectivity index (χ1n) is 11.7. The van der Waals surface area contributed by atoms with E-state index in [0.29, 0.717) is 36.3 Å². The van der Waals surface area contributed by atoms with Gasteiger partial charge in [0.15, 0.2) is 0 Å². The number of aromatic nitrogens is 3. The largest absolute Gasteiger partial charge is 0.398 e. The SMILES string of the molecule is Cn1cc(-c2cnc(N)c(C(=O)N[C@@H]3CCN(C(=O)c4cc(-c5ccccc5)ccc4N)C3)c2)cn1. The van der Waals surface area contributed by atoms with Crippen molar-refractivity contribution in [3.05, 3.63) is 84.3 Å². The summed E-state index contributed by atoms with van der Waals surface area (Å²) in [4.78, 5) is 32.3. The monoisotopic (exact) mass is 481 g/mol. The number of nitrogen functional groups attached to an aromatic ring is 2. The highest BCUT2D eigenvalue weighted by atomic mass is 16.2. The molecular weight excluding hydrogens is 454 g/mol. The molecule has 0 bridgehead atoms. The standard InChI is InChI=1S/C27H27N7O2/c1-33-15-20(14-31-33)19-12-23(25(29)30-13-19)26(35)32-21-9-10-34(16-21)27(36)22-11-18(7-8-24(22)28)17-5-3-2-4-6-17/h2-8,11-15,21H,9-10,16,28H2,1H3,(H2,29,30)(H,32,35)/t21-/m1/s1. The molecule has 9 heteroatoms. The van der Waals surface area contributed by atoms with E-state index in [1.54, 1.807) is 34.1 Å². The van der Waals surface area contributed by atoms with E-state index in [-0.39, 0.29) is 23.7 Å². The molecule has 1 saturated heterocycles. The smallest absolute Gasteiger partial charge is 0.256 e. The molecule has 2 amide bonds. The van der Waals surface area contributed by atoms with Crippen LogP contribution in [0.25, 0.3) is 22.3 Å². The highest BCUT2D eigenvalue weighted by Gasteiger charge is 2.30. The van der Waals surface area contributed by atoms with Crippen LogP contribution in [0.4, 0.5) is 11.5 Å². The van der Waals surface area contributed by atoms with Gasteiger partial charge in [0.25, 0.3) is 11.8 Å². The zero-order chi connectivity index (χ0) is 25.2. The predicted octanol–water partition coefficient (Wildman–Crippen LogP) is 2.96. The molecule has 182 valence electrons. The van der Waals surface area contributed by atoms with E-state index >= 15 is 0 Å². The maximum Gasteiger partial charge on any atom is 0.256 e. The lowest BCUT2D eigenvalue weighted by Gasteiger charge is -2.19. The molecule has 1 aliphatic heterocycles. The van der Waals surface area contributed by atoms with Crippen molar-refractivity contribution in [3.63, 3.8) is 0 Å². The second-order valence-corrected chi connectivity index (χ2v) is 8.94. The molecular formula is C27H27N7O2. The molecule has 2 aromatic carbocycles. The zero-order valence-corrected chi connectivity index (χ0v) is 19.9. The Kier molecular flexibility index (Phi) is 6.12. The van der Waals surface area contributed by atoms with Crippen molar-refractivity contribution >= 4 is 23.3 Å². The molecule has 4 aromatic rings. The average molecular weight is 482 g/mol. The second-order valence-electron chi connectivity index (χ2n) is 8.94. The summed E-state index contributed by atoms with van der Waals surface area (Å²) in [5.74, 6) is -0.325. The number of pyridine rings is 1. The van der Waals surface area contributed by atoms with Crippen molar-refractivity contribution in [2.24, 2.45) is 7.05 Å². The molecule has 2 aromatic heterocycles. The number of benzene rings is 2. The summed E-state index contributed by atoms with van der Waals surface area (Å²) in [6, 6.07) is 16.8. The summed E-state index contributed by atoms with van der Waals surface area (Å²) in [5.41, 5.74) is 16.9. The highest BCUT2D eigenvalue weighted by Crippen LogP contribution is 2.26. The summed E-state index contributed by atoms with van der Waals surface area (Å²) >= 11 is 0. The molecule has 0 unspecified atom stereocenters. The number of nitrogens with one attached hydrogen (secondary N) is 1. The Morgan fingerprint density at radius 1 is 0.944 bits per heavy atom. The van der Waals surface area contributed by atoms with Gasteiger partial charge < -0.3 is 21.7 Å². The lowest BCUT2D eigenvalue weighted by Crippen LogP contribution is -2.39. The molecule has 3 heterocycles. The number of anilines is 2. The Morgan fingerprint density at radius 3 is 2.47 bits per heavy atom. The van der Waals surface area contributed by atoms with Gasteiger partial charge in [0.05, 0.1) is 17.3 Å². The molecule has 0 radical (unpaired) electrons. The third-order valence-electron chi connectivity index (χ3n) is 6.40. The first kappa shape index (κ1) is 23.1. The number of nitrogens with zero attached hydrogens (tertiary/aromatic N) is 4. The number of rotatable bonds is 5. The Hall–Kier alpha value is -4.66. The molecule has 1 fully saturated rings. The highest BCUT2D eigenvalue weighted by molar-refractivity contribution is 6.01.